The van der Waals surface area contributed by atoms with Crippen LogP contribution in [0.25, 0.3) is 0 Å². The third kappa shape index (κ3) is 2.66. The van der Waals surface area contributed by atoms with E-state index in [9.17, 15) is 0 Å². The first-order valence-corrected chi connectivity index (χ1v) is 13.5. The van der Waals surface area contributed by atoms with Crippen LogP contribution >= 0.6 is 0 Å². The molecule has 0 spiro atoms. The summed E-state index contributed by atoms with van der Waals surface area (Å²) in [7, 11) is -2.63. The Kier molecular flexibility index (Phi) is 4.13. The smallest absolute Gasteiger partial charge is 0.473 e. The van der Waals surface area contributed by atoms with Crippen molar-refractivity contribution >= 4 is 8.56 Å². The minimum Gasteiger partial charge on any atom is -0.511 e. The molecule has 0 N–H and O–H groups in total. The third-order valence-corrected chi connectivity index (χ3v) is 14.1. The van der Waals surface area contributed by atoms with Gasteiger partial charge in [-0.2, -0.15) is 0 Å². The molecule has 4 aliphatic rings. The van der Waals surface area contributed by atoms with Gasteiger partial charge in [-0.1, -0.05) is 36.4 Å². The summed E-state index contributed by atoms with van der Waals surface area (Å²) in [6.07, 6.45) is 13.5. The fraction of sp³-hybridized carbons (Fsp3) is 0.538. The summed E-state index contributed by atoms with van der Waals surface area (Å²) < 4.78 is 14.7. The second-order valence-corrected chi connectivity index (χ2v) is 14.1. The van der Waals surface area contributed by atoms with E-state index >= 15 is 0 Å². The first-order valence-electron chi connectivity index (χ1n) is 11.7. The van der Waals surface area contributed by atoms with Crippen molar-refractivity contribution in [1.82, 2.24) is 0 Å². The molecule has 2 aromatic carbocycles. The zero-order valence-corrected chi connectivity index (χ0v) is 18.3. The highest BCUT2D eigenvalue weighted by Gasteiger charge is 2.77. The zero-order chi connectivity index (χ0) is 19.4. The van der Waals surface area contributed by atoms with Crippen LogP contribution in [0.1, 0.15) is 64.2 Å². The molecule has 29 heavy (non-hydrogen) atoms. The third-order valence-electron chi connectivity index (χ3n) is 8.89. The Bertz CT molecular complexity index is 775. The molecule has 2 nitrogen and oxygen atoms in total. The SMILES string of the molecule is c1ccc(O[Si](Oc2ccccc2)(C23CCC(CC2)C3)C23CCC(CC2)C3)cc1. The Balaban J connectivity index is 1.53. The lowest BCUT2D eigenvalue weighted by Gasteiger charge is -2.52. The maximum atomic E-state index is 7.33. The van der Waals surface area contributed by atoms with E-state index in [2.05, 4.69) is 60.7 Å². The lowest BCUT2D eigenvalue weighted by molar-refractivity contribution is 0.251. The van der Waals surface area contributed by atoms with Crippen molar-refractivity contribution in [1.29, 1.82) is 0 Å². The molecular formula is C26H32O2Si. The van der Waals surface area contributed by atoms with Crippen LogP contribution in [-0.4, -0.2) is 8.56 Å². The van der Waals surface area contributed by atoms with Gasteiger partial charge in [0.25, 0.3) is 0 Å². The van der Waals surface area contributed by atoms with Gasteiger partial charge in [0, 0.05) is 10.1 Å². The maximum absolute atomic E-state index is 7.33. The quantitative estimate of drug-likeness (QED) is 0.472. The molecule has 0 radical (unpaired) electrons. The van der Waals surface area contributed by atoms with Crippen molar-refractivity contribution < 1.29 is 8.85 Å². The minimum absolute atomic E-state index is 0.280. The second-order valence-electron chi connectivity index (χ2n) is 10.3. The summed E-state index contributed by atoms with van der Waals surface area (Å²) >= 11 is 0. The minimum atomic E-state index is -2.63. The zero-order valence-electron chi connectivity index (χ0n) is 17.3. The molecule has 3 heteroatoms. The van der Waals surface area contributed by atoms with Crippen LogP contribution in [0, 0.1) is 11.8 Å². The van der Waals surface area contributed by atoms with Crippen LogP contribution < -0.4 is 8.85 Å². The first-order chi connectivity index (χ1) is 14.2. The molecule has 2 aromatic rings. The van der Waals surface area contributed by atoms with Crippen molar-refractivity contribution in [2.75, 3.05) is 0 Å². The lowest BCUT2D eigenvalue weighted by atomic mass is 9.99. The van der Waals surface area contributed by atoms with E-state index in [0.717, 1.165) is 23.3 Å². The average molecular weight is 405 g/mol. The number of hydrogen-bond donors (Lipinski definition) is 0. The number of para-hydroxylation sites is 2. The molecule has 4 fully saturated rings. The van der Waals surface area contributed by atoms with Crippen LogP contribution in [-0.2, 0) is 0 Å². The van der Waals surface area contributed by atoms with E-state index in [1.165, 1.54) is 64.2 Å². The topological polar surface area (TPSA) is 18.5 Å². The highest BCUT2D eigenvalue weighted by Crippen LogP contribution is 2.75. The fourth-order valence-electron chi connectivity index (χ4n) is 7.63. The molecule has 4 aliphatic carbocycles. The number of rotatable bonds is 6. The van der Waals surface area contributed by atoms with E-state index in [4.69, 9.17) is 8.85 Å². The molecular weight excluding hydrogens is 372 g/mol. The molecule has 0 aromatic heterocycles. The van der Waals surface area contributed by atoms with Crippen LogP contribution in [0.5, 0.6) is 11.5 Å². The van der Waals surface area contributed by atoms with Gasteiger partial charge in [0.05, 0.1) is 0 Å². The van der Waals surface area contributed by atoms with Crippen molar-refractivity contribution in [2.45, 2.75) is 74.3 Å². The van der Waals surface area contributed by atoms with Gasteiger partial charge >= 0.3 is 8.56 Å². The Morgan fingerprint density at radius 1 is 0.586 bits per heavy atom. The van der Waals surface area contributed by atoms with Gasteiger partial charge in [-0.05, 0) is 100 Å². The van der Waals surface area contributed by atoms with Gasteiger partial charge in [-0.15, -0.1) is 0 Å². The predicted octanol–water partition coefficient (Wildman–Crippen LogP) is 7.26. The Morgan fingerprint density at radius 3 is 1.28 bits per heavy atom. The molecule has 0 heterocycles. The normalized spacial score (nSPS) is 35.2. The second kappa shape index (κ2) is 6.63. The number of benzene rings is 2. The monoisotopic (exact) mass is 404 g/mol. The molecule has 0 amide bonds. The highest BCUT2D eigenvalue weighted by atomic mass is 28.4. The van der Waals surface area contributed by atoms with Crippen molar-refractivity contribution in [3.05, 3.63) is 60.7 Å². The Labute approximate surface area is 175 Å². The largest absolute Gasteiger partial charge is 0.511 e. The highest BCUT2D eigenvalue weighted by molar-refractivity contribution is 6.75. The van der Waals surface area contributed by atoms with E-state index in [1.54, 1.807) is 0 Å². The van der Waals surface area contributed by atoms with Crippen LogP contribution in [0.3, 0.4) is 0 Å². The standard InChI is InChI=1S/C26H32O2Si/c1-3-7-23(8-4-1)27-29(28-24-9-5-2-6-10-24,25-15-11-21(19-25)12-16-25)26-17-13-22(20-26)14-18-26/h1-10,21-22H,11-20H2. The maximum Gasteiger partial charge on any atom is 0.473 e. The van der Waals surface area contributed by atoms with Crippen LogP contribution in [0.4, 0.5) is 0 Å². The molecule has 6 rings (SSSR count). The number of hydrogen-bond acceptors (Lipinski definition) is 2. The molecule has 0 aliphatic heterocycles. The molecule has 4 saturated carbocycles. The van der Waals surface area contributed by atoms with Crippen molar-refractivity contribution in [3.8, 4) is 11.5 Å². The van der Waals surface area contributed by atoms with Gasteiger partial charge in [0.2, 0.25) is 0 Å². The summed E-state index contributed by atoms with van der Waals surface area (Å²) in [6, 6.07) is 21.3. The fourth-order valence-corrected chi connectivity index (χ4v) is 13.6. The van der Waals surface area contributed by atoms with Crippen molar-refractivity contribution in [3.63, 3.8) is 0 Å². The van der Waals surface area contributed by atoms with E-state index in [-0.39, 0.29) is 10.1 Å². The van der Waals surface area contributed by atoms with E-state index < -0.39 is 8.56 Å². The number of fused-ring (bicyclic) bond motifs is 4. The first kappa shape index (κ1) is 18.1. The molecule has 0 atom stereocenters. The molecule has 0 saturated heterocycles. The van der Waals surface area contributed by atoms with Crippen LogP contribution in [0.15, 0.2) is 60.7 Å². The van der Waals surface area contributed by atoms with Gasteiger partial charge in [-0.3, -0.25) is 0 Å². The molecule has 4 bridgehead atoms. The van der Waals surface area contributed by atoms with Crippen LogP contribution in [0.2, 0.25) is 10.1 Å². The molecule has 152 valence electrons. The molecule has 0 unspecified atom stereocenters. The van der Waals surface area contributed by atoms with Crippen molar-refractivity contribution in [2.24, 2.45) is 11.8 Å². The van der Waals surface area contributed by atoms with Gasteiger partial charge in [-0.25, -0.2) is 0 Å². The average Bonchev–Trinajstić information content (AvgIpc) is 3.56. The Morgan fingerprint density at radius 2 is 0.966 bits per heavy atom. The van der Waals surface area contributed by atoms with E-state index in [0.29, 0.717) is 0 Å². The summed E-state index contributed by atoms with van der Waals surface area (Å²) in [5.74, 6) is 3.86. The summed E-state index contributed by atoms with van der Waals surface area (Å²) in [5, 5.41) is 0.561. The van der Waals surface area contributed by atoms with Gasteiger partial charge in [0.15, 0.2) is 0 Å². The lowest BCUT2D eigenvalue weighted by Crippen LogP contribution is -2.65. The predicted molar refractivity (Wildman–Crippen MR) is 118 cm³/mol. The summed E-state index contributed by atoms with van der Waals surface area (Å²) in [5.41, 5.74) is 0. The van der Waals surface area contributed by atoms with E-state index in [1.807, 2.05) is 0 Å². The summed E-state index contributed by atoms with van der Waals surface area (Å²) in [4.78, 5) is 0. The van der Waals surface area contributed by atoms with Gasteiger partial charge in [0.1, 0.15) is 11.5 Å². The summed E-state index contributed by atoms with van der Waals surface area (Å²) in [6.45, 7) is 0. The Hall–Kier alpha value is -1.74. The van der Waals surface area contributed by atoms with Gasteiger partial charge < -0.3 is 8.85 Å².